The van der Waals surface area contributed by atoms with E-state index in [1.807, 2.05) is 25.1 Å². The van der Waals surface area contributed by atoms with Crippen molar-refractivity contribution in [1.82, 2.24) is 4.90 Å². The van der Waals surface area contributed by atoms with Crippen molar-refractivity contribution in [2.75, 3.05) is 25.0 Å². The van der Waals surface area contributed by atoms with Crippen molar-refractivity contribution in [1.29, 1.82) is 0 Å². The average Bonchev–Trinajstić information content (AvgIpc) is 2.64. The molecule has 3 rings (SSSR count). The highest BCUT2D eigenvalue weighted by Gasteiger charge is 2.18. The summed E-state index contributed by atoms with van der Waals surface area (Å²) in [5.41, 5.74) is 4.18. The first-order valence-electron chi connectivity index (χ1n) is 9.09. The van der Waals surface area contributed by atoms with Gasteiger partial charge in [-0.15, -0.1) is 0 Å². The second-order valence-corrected chi connectivity index (χ2v) is 7.04. The Balaban J connectivity index is 1.57. The zero-order valence-corrected chi connectivity index (χ0v) is 14.9. The lowest BCUT2D eigenvalue weighted by Gasteiger charge is -2.31. The molecule has 25 heavy (non-hydrogen) atoms. The van der Waals surface area contributed by atoms with Gasteiger partial charge in [0.2, 0.25) is 0 Å². The normalized spacial score (nSPS) is 16.1. The highest BCUT2D eigenvalue weighted by Crippen LogP contribution is 2.23. The molecule has 2 aromatic carbocycles. The molecule has 0 amide bonds. The first kappa shape index (κ1) is 17.8. The Morgan fingerprint density at radius 3 is 2.64 bits per heavy atom. The van der Waals surface area contributed by atoms with Gasteiger partial charge >= 0.3 is 0 Å². The SMILES string of the molecule is Cc1cccc(CNc2cccc(CN3CCC(CO)CC3)c2)c1O. The monoisotopic (exact) mass is 340 g/mol. The second kappa shape index (κ2) is 8.37. The zero-order valence-electron chi connectivity index (χ0n) is 14.9. The Labute approximate surface area is 150 Å². The predicted octanol–water partition coefficient (Wildman–Crippen LogP) is 3.52. The summed E-state index contributed by atoms with van der Waals surface area (Å²) < 4.78 is 0. The molecule has 1 saturated heterocycles. The maximum Gasteiger partial charge on any atom is 0.123 e. The second-order valence-electron chi connectivity index (χ2n) is 7.04. The van der Waals surface area contributed by atoms with Crippen LogP contribution in [0, 0.1) is 12.8 Å². The number of aryl methyl sites for hydroxylation is 1. The van der Waals surface area contributed by atoms with Gasteiger partial charge in [0.25, 0.3) is 0 Å². The Morgan fingerprint density at radius 1 is 1.12 bits per heavy atom. The molecule has 134 valence electrons. The average molecular weight is 340 g/mol. The summed E-state index contributed by atoms with van der Waals surface area (Å²) in [6.07, 6.45) is 2.17. The van der Waals surface area contributed by atoms with Gasteiger partial charge in [0, 0.05) is 30.9 Å². The lowest BCUT2D eigenvalue weighted by atomic mass is 9.97. The molecule has 1 fully saturated rings. The van der Waals surface area contributed by atoms with Gasteiger partial charge in [-0.1, -0.05) is 30.3 Å². The zero-order chi connectivity index (χ0) is 17.6. The molecule has 0 saturated carbocycles. The molecule has 1 heterocycles. The van der Waals surface area contributed by atoms with E-state index in [2.05, 4.69) is 34.5 Å². The van der Waals surface area contributed by atoms with Gasteiger partial charge in [0.15, 0.2) is 0 Å². The minimum absolute atomic E-state index is 0.319. The third-order valence-corrected chi connectivity index (χ3v) is 5.10. The Bertz CT molecular complexity index is 694. The summed E-state index contributed by atoms with van der Waals surface area (Å²) in [6.45, 7) is 5.90. The van der Waals surface area contributed by atoms with Gasteiger partial charge in [-0.3, -0.25) is 4.90 Å². The van der Waals surface area contributed by atoms with Crippen LogP contribution in [0.5, 0.6) is 5.75 Å². The number of benzene rings is 2. The summed E-state index contributed by atoms with van der Waals surface area (Å²) in [6, 6.07) is 14.3. The van der Waals surface area contributed by atoms with Gasteiger partial charge in [-0.2, -0.15) is 0 Å². The van der Waals surface area contributed by atoms with Crippen LogP contribution in [0.1, 0.15) is 29.5 Å². The van der Waals surface area contributed by atoms with E-state index in [0.717, 1.165) is 49.3 Å². The quantitative estimate of drug-likeness (QED) is 0.753. The Morgan fingerprint density at radius 2 is 1.88 bits per heavy atom. The number of phenolic OH excluding ortho intramolecular Hbond substituents is 1. The van der Waals surface area contributed by atoms with Gasteiger partial charge in [0.1, 0.15) is 5.75 Å². The van der Waals surface area contributed by atoms with Crippen LogP contribution in [-0.2, 0) is 13.1 Å². The highest BCUT2D eigenvalue weighted by atomic mass is 16.3. The van der Waals surface area contributed by atoms with Crippen LogP contribution < -0.4 is 5.32 Å². The maximum absolute atomic E-state index is 10.1. The van der Waals surface area contributed by atoms with E-state index in [1.54, 1.807) is 0 Å². The fraction of sp³-hybridized carbons (Fsp3) is 0.429. The third kappa shape index (κ3) is 4.74. The number of anilines is 1. The third-order valence-electron chi connectivity index (χ3n) is 5.10. The maximum atomic E-state index is 10.1. The van der Waals surface area contributed by atoms with Crippen molar-refractivity contribution in [2.45, 2.75) is 32.9 Å². The molecular formula is C21H28N2O2. The number of nitrogens with one attached hydrogen (secondary N) is 1. The molecule has 4 heteroatoms. The van der Waals surface area contributed by atoms with Crippen LogP contribution in [0.4, 0.5) is 5.69 Å². The minimum Gasteiger partial charge on any atom is -0.507 e. The number of hydrogen-bond donors (Lipinski definition) is 3. The van der Waals surface area contributed by atoms with Crippen LogP contribution >= 0.6 is 0 Å². The molecule has 0 atom stereocenters. The lowest BCUT2D eigenvalue weighted by molar-refractivity contribution is 0.127. The number of hydrogen-bond acceptors (Lipinski definition) is 4. The molecule has 0 spiro atoms. The van der Waals surface area contributed by atoms with E-state index < -0.39 is 0 Å². The van der Waals surface area contributed by atoms with Gasteiger partial charge in [0.05, 0.1) is 0 Å². The smallest absolute Gasteiger partial charge is 0.123 e. The Hall–Kier alpha value is -2.04. The predicted molar refractivity (Wildman–Crippen MR) is 102 cm³/mol. The van der Waals surface area contributed by atoms with Crippen LogP contribution in [0.3, 0.4) is 0 Å². The number of para-hydroxylation sites is 1. The van der Waals surface area contributed by atoms with Crippen molar-refractivity contribution in [3.8, 4) is 5.75 Å². The van der Waals surface area contributed by atoms with E-state index >= 15 is 0 Å². The van der Waals surface area contributed by atoms with Crippen molar-refractivity contribution in [3.05, 3.63) is 59.2 Å². The molecule has 0 unspecified atom stereocenters. The molecule has 0 aliphatic carbocycles. The van der Waals surface area contributed by atoms with Gasteiger partial charge < -0.3 is 15.5 Å². The highest BCUT2D eigenvalue weighted by molar-refractivity contribution is 5.48. The number of rotatable bonds is 6. The van der Waals surface area contributed by atoms with Crippen LogP contribution in [0.2, 0.25) is 0 Å². The molecule has 0 aromatic heterocycles. The number of phenols is 1. The van der Waals surface area contributed by atoms with Crippen molar-refractivity contribution in [3.63, 3.8) is 0 Å². The molecule has 2 aromatic rings. The number of likely N-dealkylation sites (tertiary alicyclic amines) is 1. The van der Waals surface area contributed by atoms with Crippen molar-refractivity contribution in [2.24, 2.45) is 5.92 Å². The number of aromatic hydroxyl groups is 1. The first-order chi connectivity index (χ1) is 12.2. The van der Waals surface area contributed by atoms with Gasteiger partial charge in [-0.05, 0) is 62.0 Å². The first-order valence-corrected chi connectivity index (χ1v) is 9.09. The van der Waals surface area contributed by atoms with Crippen molar-refractivity contribution >= 4 is 5.69 Å². The number of piperidine rings is 1. The van der Waals surface area contributed by atoms with E-state index in [-0.39, 0.29) is 0 Å². The molecule has 1 aliphatic rings. The topological polar surface area (TPSA) is 55.7 Å². The fourth-order valence-electron chi connectivity index (χ4n) is 3.42. The number of aliphatic hydroxyl groups is 1. The Kier molecular flexibility index (Phi) is 5.95. The summed E-state index contributed by atoms with van der Waals surface area (Å²) in [5, 5.41) is 22.8. The van der Waals surface area contributed by atoms with E-state index in [1.165, 1.54) is 5.56 Å². The molecule has 0 bridgehead atoms. The fourth-order valence-corrected chi connectivity index (χ4v) is 3.42. The molecular weight excluding hydrogens is 312 g/mol. The molecule has 3 N–H and O–H groups in total. The molecule has 4 nitrogen and oxygen atoms in total. The standard InChI is InChI=1S/C21H28N2O2/c1-16-4-2-6-19(21(16)25)13-22-20-7-3-5-18(12-20)14-23-10-8-17(15-24)9-11-23/h2-7,12,17,22,24-25H,8-11,13-15H2,1H3. The molecule has 1 aliphatic heterocycles. The van der Waals surface area contributed by atoms with Gasteiger partial charge in [-0.25, -0.2) is 0 Å². The summed E-state index contributed by atoms with van der Waals surface area (Å²) >= 11 is 0. The summed E-state index contributed by atoms with van der Waals surface area (Å²) in [7, 11) is 0. The van der Waals surface area contributed by atoms with Crippen LogP contribution in [0.25, 0.3) is 0 Å². The van der Waals surface area contributed by atoms with E-state index in [9.17, 15) is 10.2 Å². The summed E-state index contributed by atoms with van der Waals surface area (Å²) in [5.74, 6) is 0.851. The number of nitrogens with zero attached hydrogens (tertiary/aromatic N) is 1. The van der Waals surface area contributed by atoms with Crippen molar-refractivity contribution < 1.29 is 10.2 Å². The molecule has 0 radical (unpaired) electrons. The minimum atomic E-state index is 0.319. The van der Waals surface area contributed by atoms with E-state index in [4.69, 9.17) is 0 Å². The largest absolute Gasteiger partial charge is 0.507 e. The number of aliphatic hydroxyl groups excluding tert-OH is 1. The summed E-state index contributed by atoms with van der Waals surface area (Å²) in [4.78, 5) is 2.46. The van der Waals surface area contributed by atoms with Crippen LogP contribution in [0.15, 0.2) is 42.5 Å². The lowest BCUT2D eigenvalue weighted by Crippen LogP contribution is -2.34. The van der Waals surface area contributed by atoms with E-state index in [0.29, 0.717) is 24.8 Å². The van der Waals surface area contributed by atoms with Crippen LogP contribution in [-0.4, -0.2) is 34.8 Å².